The molecule has 126 valence electrons. The van der Waals surface area contributed by atoms with Crippen LogP contribution >= 0.6 is 0 Å². The Hall–Kier alpha value is -1.56. The minimum Gasteiger partial charge on any atom is -0.357 e. The smallest absolute Gasteiger partial charge is 0.191 e. The minimum atomic E-state index is 0.231. The highest BCUT2D eigenvalue weighted by Gasteiger charge is 2.15. The first kappa shape index (κ1) is 18.5. The number of hydrogen-bond acceptors (Lipinski definition) is 3. The van der Waals surface area contributed by atoms with Crippen molar-refractivity contribution < 1.29 is 0 Å². The Morgan fingerprint density at radius 3 is 2.59 bits per heavy atom. The summed E-state index contributed by atoms with van der Waals surface area (Å²) in [5.74, 6) is 1.58. The van der Waals surface area contributed by atoms with Crippen molar-refractivity contribution in [1.82, 2.24) is 25.3 Å². The molecule has 1 unspecified atom stereocenters. The summed E-state index contributed by atoms with van der Waals surface area (Å²) in [6.45, 7) is 9.07. The first-order chi connectivity index (χ1) is 10.4. The van der Waals surface area contributed by atoms with E-state index in [0.29, 0.717) is 12.5 Å². The molecule has 0 fully saturated rings. The van der Waals surface area contributed by atoms with Crippen molar-refractivity contribution in [3.63, 3.8) is 0 Å². The lowest BCUT2D eigenvalue weighted by atomic mass is 10.1. The molecule has 0 saturated heterocycles. The zero-order chi connectivity index (χ0) is 16.5. The van der Waals surface area contributed by atoms with Crippen molar-refractivity contribution in [1.29, 1.82) is 0 Å². The van der Waals surface area contributed by atoms with E-state index in [1.807, 2.05) is 17.9 Å². The molecule has 1 rings (SSSR count). The molecular weight excluding hydrogens is 276 g/mol. The van der Waals surface area contributed by atoms with Crippen LogP contribution in [-0.2, 0) is 7.05 Å². The molecule has 0 spiro atoms. The van der Waals surface area contributed by atoms with Gasteiger partial charge in [-0.2, -0.15) is 5.10 Å². The highest BCUT2D eigenvalue weighted by atomic mass is 15.2. The molecule has 1 aromatic rings. The number of aliphatic imine (C=N–C) groups is 1. The zero-order valence-corrected chi connectivity index (χ0v) is 14.9. The summed E-state index contributed by atoms with van der Waals surface area (Å²) in [6.07, 6.45) is 5.11. The van der Waals surface area contributed by atoms with Crippen LogP contribution in [-0.4, -0.2) is 54.4 Å². The summed E-state index contributed by atoms with van der Waals surface area (Å²) in [5, 5.41) is 11.0. The van der Waals surface area contributed by atoms with E-state index >= 15 is 0 Å². The van der Waals surface area contributed by atoms with E-state index in [-0.39, 0.29) is 6.04 Å². The summed E-state index contributed by atoms with van der Waals surface area (Å²) < 4.78 is 1.83. The summed E-state index contributed by atoms with van der Waals surface area (Å²) in [7, 11) is 6.09. The van der Waals surface area contributed by atoms with Crippen molar-refractivity contribution in [2.45, 2.75) is 33.2 Å². The van der Waals surface area contributed by atoms with Gasteiger partial charge in [-0.1, -0.05) is 13.8 Å². The number of likely N-dealkylation sites (N-methyl/N-ethyl adjacent to an activating group) is 1. The van der Waals surface area contributed by atoms with Crippen LogP contribution in [0.4, 0.5) is 0 Å². The number of nitrogens with one attached hydrogen (secondary N) is 2. The minimum absolute atomic E-state index is 0.231. The predicted octanol–water partition coefficient (Wildman–Crippen LogP) is 1.62. The average Bonchev–Trinajstić information content (AvgIpc) is 2.84. The van der Waals surface area contributed by atoms with Gasteiger partial charge in [-0.05, 0) is 33.4 Å². The van der Waals surface area contributed by atoms with Crippen molar-refractivity contribution >= 4 is 5.96 Å². The van der Waals surface area contributed by atoms with Gasteiger partial charge in [-0.3, -0.25) is 9.67 Å². The maximum absolute atomic E-state index is 4.73. The molecule has 1 atom stereocenters. The number of hydrogen-bond donors (Lipinski definition) is 2. The lowest BCUT2D eigenvalue weighted by molar-refractivity contribution is 0.306. The molecule has 0 radical (unpaired) electrons. The van der Waals surface area contributed by atoms with Crippen LogP contribution in [0, 0.1) is 5.92 Å². The molecule has 0 bridgehead atoms. The van der Waals surface area contributed by atoms with Gasteiger partial charge < -0.3 is 15.5 Å². The van der Waals surface area contributed by atoms with Crippen LogP contribution in [0.5, 0.6) is 0 Å². The molecule has 0 aliphatic heterocycles. The van der Waals surface area contributed by atoms with E-state index < -0.39 is 0 Å². The molecule has 6 heteroatoms. The van der Waals surface area contributed by atoms with Gasteiger partial charge >= 0.3 is 0 Å². The fourth-order valence-corrected chi connectivity index (χ4v) is 2.18. The standard InChI is InChI=1S/C16H32N6/c1-7-17-16(18-9-8-13(2)3)19-11-15(21(4)5)14-10-20-22(6)12-14/h10,12-13,15H,7-9,11H2,1-6H3,(H2,17,18,19). The third-order valence-electron chi connectivity index (χ3n) is 3.51. The summed E-state index contributed by atoms with van der Waals surface area (Å²) >= 11 is 0. The number of guanidine groups is 1. The second-order valence-corrected chi connectivity index (χ2v) is 6.26. The molecule has 1 heterocycles. The van der Waals surface area contributed by atoms with Crippen LogP contribution in [0.2, 0.25) is 0 Å². The highest BCUT2D eigenvalue weighted by molar-refractivity contribution is 5.79. The molecule has 22 heavy (non-hydrogen) atoms. The molecular formula is C16H32N6. The first-order valence-electron chi connectivity index (χ1n) is 8.11. The topological polar surface area (TPSA) is 57.5 Å². The zero-order valence-electron chi connectivity index (χ0n) is 14.9. The Balaban J connectivity index is 2.68. The van der Waals surface area contributed by atoms with Gasteiger partial charge in [0.15, 0.2) is 5.96 Å². The first-order valence-corrected chi connectivity index (χ1v) is 8.11. The SMILES string of the molecule is CCNC(=NCC(c1cnn(C)c1)N(C)C)NCCC(C)C. The maximum atomic E-state index is 4.73. The molecule has 0 amide bonds. The normalized spacial score (nSPS) is 13.7. The Labute approximate surface area is 135 Å². The van der Waals surface area contributed by atoms with E-state index in [2.05, 4.69) is 61.7 Å². The second kappa shape index (κ2) is 9.46. The molecule has 2 N–H and O–H groups in total. The summed E-state index contributed by atoms with van der Waals surface area (Å²) in [6, 6.07) is 0.231. The van der Waals surface area contributed by atoms with Gasteiger partial charge in [0.25, 0.3) is 0 Å². The van der Waals surface area contributed by atoms with Crippen molar-refractivity contribution in [2.24, 2.45) is 18.0 Å². The molecule has 0 aliphatic carbocycles. The Bertz CT molecular complexity index is 449. The van der Waals surface area contributed by atoms with Crippen LogP contribution in [0.1, 0.15) is 38.8 Å². The van der Waals surface area contributed by atoms with Gasteiger partial charge in [-0.15, -0.1) is 0 Å². The van der Waals surface area contributed by atoms with Crippen molar-refractivity contribution in [2.75, 3.05) is 33.7 Å². The third-order valence-corrected chi connectivity index (χ3v) is 3.51. The van der Waals surface area contributed by atoms with Crippen LogP contribution in [0.3, 0.4) is 0 Å². The molecule has 6 nitrogen and oxygen atoms in total. The van der Waals surface area contributed by atoms with Gasteiger partial charge in [0.2, 0.25) is 0 Å². The van der Waals surface area contributed by atoms with Crippen molar-refractivity contribution in [3.05, 3.63) is 18.0 Å². The van der Waals surface area contributed by atoms with E-state index in [1.54, 1.807) is 0 Å². The Kier molecular flexibility index (Phi) is 7.95. The quantitative estimate of drug-likeness (QED) is 0.566. The summed E-state index contributed by atoms with van der Waals surface area (Å²) in [4.78, 5) is 6.91. The molecule has 0 aromatic carbocycles. The summed E-state index contributed by atoms with van der Waals surface area (Å²) in [5.41, 5.74) is 1.19. The van der Waals surface area contributed by atoms with E-state index in [4.69, 9.17) is 4.99 Å². The third kappa shape index (κ3) is 6.47. The fraction of sp³-hybridized carbons (Fsp3) is 0.750. The average molecular weight is 308 g/mol. The number of nitrogens with zero attached hydrogens (tertiary/aromatic N) is 4. The second-order valence-electron chi connectivity index (χ2n) is 6.26. The van der Waals surface area contributed by atoms with Crippen molar-refractivity contribution in [3.8, 4) is 0 Å². The maximum Gasteiger partial charge on any atom is 0.191 e. The molecule has 1 aromatic heterocycles. The van der Waals surface area contributed by atoms with Crippen LogP contribution < -0.4 is 10.6 Å². The van der Waals surface area contributed by atoms with E-state index in [0.717, 1.165) is 25.5 Å². The van der Waals surface area contributed by atoms with Gasteiger partial charge in [-0.25, -0.2) is 0 Å². The number of aryl methyl sites for hydroxylation is 1. The van der Waals surface area contributed by atoms with E-state index in [9.17, 15) is 0 Å². The monoisotopic (exact) mass is 308 g/mol. The Morgan fingerprint density at radius 1 is 1.36 bits per heavy atom. The Morgan fingerprint density at radius 2 is 2.09 bits per heavy atom. The largest absolute Gasteiger partial charge is 0.357 e. The van der Waals surface area contributed by atoms with Crippen LogP contribution in [0.25, 0.3) is 0 Å². The van der Waals surface area contributed by atoms with Crippen LogP contribution in [0.15, 0.2) is 17.4 Å². The number of rotatable bonds is 8. The lowest BCUT2D eigenvalue weighted by Gasteiger charge is -2.22. The van der Waals surface area contributed by atoms with Gasteiger partial charge in [0.05, 0.1) is 18.8 Å². The molecule has 0 aliphatic rings. The predicted molar refractivity (Wildman–Crippen MR) is 93.1 cm³/mol. The fourth-order valence-electron chi connectivity index (χ4n) is 2.18. The molecule has 0 saturated carbocycles. The van der Waals surface area contributed by atoms with Gasteiger partial charge in [0.1, 0.15) is 0 Å². The van der Waals surface area contributed by atoms with Gasteiger partial charge in [0, 0.05) is 31.9 Å². The highest BCUT2D eigenvalue weighted by Crippen LogP contribution is 2.17. The number of aromatic nitrogens is 2. The lowest BCUT2D eigenvalue weighted by Crippen LogP contribution is -2.38. The van der Waals surface area contributed by atoms with E-state index in [1.165, 1.54) is 5.56 Å².